The van der Waals surface area contributed by atoms with Crippen LogP contribution in [-0.2, 0) is 6.42 Å². The number of aromatic nitrogens is 1. The molecule has 0 saturated carbocycles. The normalized spacial score (nSPS) is 15.7. The second kappa shape index (κ2) is 6.38. The van der Waals surface area contributed by atoms with Gasteiger partial charge in [-0.05, 0) is 43.0 Å². The van der Waals surface area contributed by atoms with Gasteiger partial charge in [0.15, 0.2) is 0 Å². The van der Waals surface area contributed by atoms with E-state index in [1.165, 1.54) is 38.7 Å². The van der Waals surface area contributed by atoms with Gasteiger partial charge in [-0.15, -0.1) is 0 Å². The minimum Gasteiger partial charge on any atom is -0.383 e. The van der Waals surface area contributed by atoms with E-state index in [1.54, 1.807) is 0 Å². The molecule has 26 heavy (non-hydrogen) atoms. The summed E-state index contributed by atoms with van der Waals surface area (Å²) in [6, 6.07) is 24.0. The summed E-state index contributed by atoms with van der Waals surface area (Å²) in [7, 11) is 0. The fourth-order valence-corrected chi connectivity index (χ4v) is 4.07. The lowest BCUT2D eigenvalue weighted by atomic mass is 10.0. The van der Waals surface area contributed by atoms with E-state index < -0.39 is 0 Å². The Morgan fingerprint density at radius 1 is 0.769 bits per heavy atom. The smallest absolute Gasteiger partial charge is 0.0776 e. The molecule has 0 radical (unpaired) electrons. The number of benzene rings is 3. The maximum atomic E-state index is 3.76. The molecule has 3 aromatic carbocycles. The summed E-state index contributed by atoms with van der Waals surface area (Å²) >= 11 is 0. The van der Waals surface area contributed by atoms with Gasteiger partial charge in [0.05, 0.1) is 16.7 Å². The van der Waals surface area contributed by atoms with Crippen LogP contribution in [0.2, 0.25) is 0 Å². The van der Waals surface area contributed by atoms with Crippen LogP contribution < -0.4 is 5.32 Å². The van der Waals surface area contributed by atoms with E-state index in [0.717, 1.165) is 25.8 Å². The summed E-state index contributed by atoms with van der Waals surface area (Å²) in [6.07, 6.45) is 7.92. The van der Waals surface area contributed by atoms with Crippen LogP contribution in [0.25, 0.3) is 27.5 Å². The molecular formula is C24H22N2. The number of fused-ring (bicyclic) bond motifs is 5. The number of rotatable bonds is 1. The zero-order valence-corrected chi connectivity index (χ0v) is 14.8. The monoisotopic (exact) mass is 338 g/mol. The van der Waals surface area contributed by atoms with Crippen LogP contribution >= 0.6 is 0 Å². The predicted molar refractivity (Wildman–Crippen MR) is 111 cm³/mol. The number of allylic oxidation sites excluding steroid dienone is 2. The topological polar surface area (TPSA) is 17.0 Å². The third-order valence-electron chi connectivity index (χ3n) is 5.29. The lowest BCUT2D eigenvalue weighted by Gasteiger charge is -2.15. The molecule has 0 saturated heterocycles. The highest BCUT2D eigenvalue weighted by atomic mass is 15.0. The maximum Gasteiger partial charge on any atom is 0.0776 e. The van der Waals surface area contributed by atoms with E-state index in [4.69, 9.17) is 0 Å². The number of nitrogens with zero attached hydrogens (tertiary/aromatic N) is 1. The van der Waals surface area contributed by atoms with Crippen LogP contribution in [0.15, 0.2) is 78.9 Å². The average Bonchev–Trinajstić information content (AvgIpc) is 3.08. The van der Waals surface area contributed by atoms with Crippen molar-refractivity contribution in [3.8, 4) is 5.69 Å². The van der Waals surface area contributed by atoms with E-state index in [0.29, 0.717) is 0 Å². The molecule has 0 unspecified atom stereocenters. The van der Waals surface area contributed by atoms with Gasteiger partial charge in [0, 0.05) is 23.0 Å². The molecule has 1 N–H and O–H groups in total. The highest BCUT2D eigenvalue weighted by Crippen LogP contribution is 2.38. The molecular weight excluding hydrogens is 316 g/mol. The standard InChI is InChI=1S/C24H22N2/c1-2-9-17-25-23-18(10-4-1)15-16-21-20-13-7-8-14-22(20)26(24(21)23)19-11-5-3-6-12-19/h1,3-8,11-16,25H,2,9-10,17H2/b4-1-. The van der Waals surface area contributed by atoms with Crippen LogP contribution in [0.4, 0.5) is 5.69 Å². The average molecular weight is 338 g/mol. The van der Waals surface area contributed by atoms with Gasteiger partial charge in [-0.3, -0.25) is 0 Å². The zero-order valence-electron chi connectivity index (χ0n) is 14.8. The first-order valence-corrected chi connectivity index (χ1v) is 9.43. The number of anilines is 1. The second-order valence-electron chi connectivity index (χ2n) is 6.93. The third-order valence-corrected chi connectivity index (χ3v) is 5.29. The number of para-hydroxylation sites is 2. The Morgan fingerprint density at radius 2 is 1.62 bits per heavy atom. The van der Waals surface area contributed by atoms with Crippen molar-refractivity contribution in [2.24, 2.45) is 0 Å². The minimum absolute atomic E-state index is 0.981. The van der Waals surface area contributed by atoms with Crippen LogP contribution in [0, 0.1) is 0 Å². The van der Waals surface area contributed by atoms with Crippen molar-refractivity contribution in [3.05, 3.63) is 84.4 Å². The molecule has 0 atom stereocenters. The van der Waals surface area contributed by atoms with Crippen LogP contribution in [0.3, 0.4) is 0 Å². The van der Waals surface area contributed by atoms with E-state index in [9.17, 15) is 0 Å². The Morgan fingerprint density at radius 3 is 2.54 bits per heavy atom. The zero-order chi connectivity index (χ0) is 17.3. The SMILES string of the molecule is C1=C\Cc2ccc3c4ccccc4n(-c4ccccc4)c3c2NCCC/1. The molecule has 128 valence electrons. The summed E-state index contributed by atoms with van der Waals surface area (Å²) in [4.78, 5) is 0. The van der Waals surface area contributed by atoms with Gasteiger partial charge in [-0.1, -0.05) is 60.7 Å². The van der Waals surface area contributed by atoms with Crippen molar-refractivity contribution in [1.29, 1.82) is 0 Å². The Labute approximate surface area is 153 Å². The first kappa shape index (κ1) is 15.3. The van der Waals surface area contributed by atoms with Gasteiger partial charge in [0.25, 0.3) is 0 Å². The first-order valence-electron chi connectivity index (χ1n) is 9.43. The number of hydrogen-bond acceptors (Lipinski definition) is 1. The molecule has 0 bridgehead atoms. The van der Waals surface area contributed by atoms with Gasteiger partial charge in [-0.2, -0.15) is 0 Å². The van der Waals surface area contributed by atoms with Gasteiger partial charge < -0.3 is 9.88 Å². The van der Waals surface area contributed by atoms with Crippen molar-refractivity contribution in [1.82, 2.24) is 4.57 Å². The summed E-state index contributed by atoms with van der Waals surface area (Å²) in [6.45, 7) is 1.01. The summed E-state index contributed by atoms with van der Waals surface area (Å²) in [5.41, 5.74) is 6.43. The van der Waals surface area contributed by atoms with E-state index in [-0.39, 0.29) is 0 Å². The molecule has 1 aliphatic rings. The highest BCUT2D eigenvalue weighted by molar-refractivity contribution is 6.13. The molecule has 1 aromatic heterocycles. The Hall–Kier alpha value is -3.00. The van der Waals surface area contributed by atoms with Crippen molar-refractivity contribution >= 4 is 27.5 Å². The van der Waals surface area contributed by atoms with Crippen molar-refractivity contribution in [2.75, 3.05) is 11.9 Å². The quantitative estimate of drug-likeness (QED) is 0.416. The summed E-state index contributed by atoms with van der Waals surface area (Å²) in [5, 5.41) is 6.39. The van der Waals surface area contributed by atoms with Crippen LogP contribution in [0.5, 0.6) is 0 Å². The van der Waals surface area contributed by atoms with Crippen LogP contribution in [-0.4, -0.2) is 11.1 Å². The summed E-state index contributed by atoms with van der Waals surface area (Å²) < 4.78 is 2.41. The number of nitrogens with one attached hydrogen (secondary N) is 1. The summed E-state index contributed by atoms with van der Waals surface area (Å²) in [5.74, 6) is 0. The highest BCUT2D eigenvalue weighted by Gasteiger charge is 2.17. The fourth-order valence-electron chi connectivity index (χ4n) is 4.07. The molecule has 2 nitrogen and oxygen atoms in total. The van der Waals surface area contributed by atoms with Crippen molar-refractivity contribution in [2.45, 2.75) is 19.3 Å². The molecule has 0 fully saturated rings. The molecule has 1 aliphatic heterocycles. The molecule has 2 heteroatoms. The van der Waals surface area contributed by atoms with Crippen molar-refractivity contribution in [3.63, 3.8) is 0 Å². The molecule has 5 rings (SSSR count). The molecule has 4 aromatic rings. The minimum atomic E-state index is 0.981. The van der Waals surface area contributed by atoms with Gasteiger partial charge in [0.1, 0.15) is 0 Å². The van der Waals surface area contributed by atoms with E-state index in [2.05, 4.69) is 88.8 Å². The molecule has 0 aliphatic carbocycles. The lowest BCUT2D eigenvalue weighted by Crippen LogP contribution is -2.06. The maximum absolute atomic E-state index is 3.76. The Balaban J connectivity index is 1.91. The number of hydrogen-bond donors (Lipinski definition) is 1. The van der Waals surface area contributed by atoms with Gasteiger partial charge >= 0.3 is 0 Å². The van der Waals surface area contributed by atoms with Gasteiger partial charge in [0.2, 0.25) is 0 Å². The Bertz CT molecular complexity index is 1100. The third kappa shape index (κ3) is 2.41. The molecule has 0 spiro atoms. The second-order valence-corrected chi connectivity index (χ2v) is 6.93. The fraction of sp³-hybridized carbons (Fsp3) is 0.167. The molecule has 2 heterocycles. The predicted octanol–water partition coefficient (Wildman–Crippen LogP) is 6.09. The first-order chi connectivity index (χ1) is 12.9. The Kier molecular flexibility index (Phi) is 3.75. The van der Waals surface area contributed by atoms with E-state index in [1.807, 2.05) is 0 Å². The van der Waals surface area contributed by atoms with E-state index >= 15 is 0 Å². The largest absolute Gasteiger partial charge is 0.383 e. The van der Waals surface area contributed by atoms with Gasteiger partial charge in [-0.25, -0.2) is 0 Å². The lowest BCUT2D eigenvalue weighted by molar-refractivity contribution is 0.891. The van der Waals surface area contributed by atoms with Crippen LogP contribution in [0.1, 0.15) is 18.4 Å². The van der Waals surface area contributed by atoms with Crippen molar-refractivity contribution < 1.29 is 0 Å². The molecule has 0 amide bonds.